The van der Waals surface area contributed by atoms with Crippen molar-refractivity contribution < 1.29 is 0 Å². The summed E-state index contributed by atoms with van der Waals surface area (Å²) in [6, 6.07) is 0. The molecule has 0 fully saturated rings. The van der Waals surface area contributed by atoms with Gasteiger partial charge in [0, 0.05) is 0 Å². The van der Waals surface area contributed by atoms with Crippen LogP contribution in [0.5, 0.6) is 0 Å². The summed E-state index contributed by atoms with van der Waals surface area (Å²) in [4.78, 5) is 0. The number of hydrogen-bond acceptors (Lipinski definition) is 0. The van der Waals surface area contributed by atoms with Crippen molar-refractivity contribution in [2.75, 3.05) is 0 Å². The van der Waals surface area contributed by atoms with Crippen molar-refractivity contribution in [3.8, 4) is 0 Å². The fourth-order valence-corrected chi connectivity index (χ4v) is 0.978. The first-order valence-corrected chi connectivity index (χ1v) is 3.97. The van der Waals surface area contributed by atoms with Crippen LogP contribution >= 0.6 is 0 Å². The lowest BCUT2D eigenvalue weighted by Crippen LogP contribution is -1.70. The molecule has 0 heterocycles. The zero-order valence-corrected chi connectivity index (χ0v) is 6.29. The molecule has 0 atom stereocenters. The van der Waals surface area contributed by atoms with Gasteiger partial charge in [0.15, 0.2) is 0 Å². The van der Waals surface area contributed by atoms with Crippen LogP contribution in [0.25, 0.3) is 0 Å². The molecule has 1 rings (SSSR count). The third kappa shape index (κ3) is 3.29. The van der Waals surface area contributed by atoms with Crippen molar-refractivity contribution in [2.24, 2.45) is 0 Å². The SMILES string of the molecule is C1=CC/C=C/CCC/C=C/1. The van der Waals surface area contributed by atoms with Crippen LogP contribution in [0.3, 0.4) is 0 Å². The van der Waals surface area contributed by atoms with Gasteiger partial charge in [-0.05, 0) is 25.7 Å². The van der Waals surface area contributed by atoms with Crippen LogP contribution in [0.15, 0.2) is 36.5 Å². The van der Waals surface area contributed by atoms with E-state index in [1.54, 1.807) is 0 Å². The first-order chi connectivity index (χ1) is 5.00. The minimum atomic E-state index is 1.09. The van der Waals surface area contributed by atoms with Gasteiger partial charge >= 0.3 is 0 Å². The molecule has 0 nitrogen and oxygen atoms in total. The number of rotatable bonds is 0. The summed E-state index contributed by atoms with van der Waals surface area (Å²) in [5.41, 5.74) is 0. The monoisotopic (exact) mass is 134 g/mol. The maximum atomic E-state index is 2.27. The predicted molar refractivity (Wildman–Crippen MR) is 45.9 cm³/mol. The molecule has 0 N–H and O–H groups in total. The summed E-state index contributed by atoms with van der Waals surface area (Å²) < 4.78 is 0. The van der Waals surface area contributed by atoms with Gasteiger partial charge in [-0.1, -0.05) is 36.5 Å². The van der Waals surface area contributed by atoms with E-state index in [1.807, 2.05) is 0 Å². The van der Waals surface area contributed by atoms with Gasteiger partial charge in [0.05, 0.1) is 0 Å². The normalized spacial score (nSPS) is 25.6. The Morgan fingerprint density at radius 2 is 1.50 bits per heavy atom. The molecule has 0 aromatic heterocycles. The highest BCUT2D eigenvalue weighted by molar-refractivity contribution is 5.05. The Balaban J connectivity index is 2.38. The average Bonchev–Trinajstić information content (AvgIpc) is 2.01. The first-order valence-electron chi connectivity index (χ1n) is 3.97. The molecule has 0 aromatic carbocycles. The van der Waals surface area contributed by atoms with Crippen molar-refractivity contribution in [3.05, 3.63) is 36.5 Å². The highest BCUT2D eigenvalue weighted by Gasteiger charge is 1.80. The summed E-state index contributed by atoms with van der Waals surface area (Å²) in [6.45, 7) is 0. The first kappa shape index (κ1) is 7.33. The van der Waals surface area contributed by atoms with E-state index < -0.39 is 0 Å². The van der Waals surface area contributed by atoms with Crippen molar-refractivity contribution in [2.45, 2.75) is 25.7 Å². The second kappa shape index (κ2) is 5.04. The highest BCUT2D eigenvalue weighted by atomic mass is 13.9. The lowest BCUT2D eigenvalue weighted by atomic mass is 10.2. The molecule has 0 heteroatoms. The van der Waals surface area contributed by atoms with Gasteiger partial charge in [0.25, 0.3) is 0 Å². The van der Waals surface area contributed by atoms with Crippen LogP contribution in [0, 0.1) is 0 Å². The maximum absolute atomic E-state index is 2.27. The van der Waals surface area contributed by atoms with Crippen LogP contribution in [0.1, 0.15) is 25.7 Å². The fraction of sp³-hybridized carbons (Fsp3) is 0.400. The van der Waals surface area contributed by atoms with E-state index in [-0.39, 0.29) is 0 Å². The molecule has 0 saturated heterocycles. The minimum absolute atomic E-state index is 1.09. The Hall–Kier alpha value is -0.780. The molecule has 0 saturated carbocycles. The molecular formula is C10H14. The van der Waals surface area contributed by atoms with Crippen LogP contribution in [-0.4, -0.2) is 0 Å². The summed E-state index contributed by atoms with van der Waals surface area (Å²) in [5.74, 6) is 0. The Morgan fingerprint density at radius 3 is 2.50 bits per heavy atom. The zero-order chi connectivity index (χ0) is 7.07. The third-order valence-electron chi connectivity index (χ3n) is 1.56. The minimum Gasteiger partial charge on any atom is -0.0882 e. The standard InChI is InChI=1S/C10H14/c1-2-4-6-8-10-9-7-5-3-1/h1-4,7,9H,5-6,8,10H2/b3-1?,4-2+,9-7+. The van der Waals surface area contributed by atoms with Gasteiger partial charge in [-0.25, -0.2) is 0 Å². The van der Waals surface area contributed by atoms with Gasteiger partial charge in [-0.2, -0.15) is 0 Å². The molecule has 10 heavy (non-hydrogen) atoms. The van der Waals surface area contributed by atoms with Crippen molar-refractivity contribution in [3.63, 3.8) is 0 Å². The Labute approximate surface area is 62.9 Å². The van der Waals surface area contributed by atoms with E-state index in [0.29, 0.717) is 0 Å². The van der Waals surface area contributed by atoms with Crippen molar-refractivity contribution in [1.82, 2.24) is 0 Å². The number of allylic oxidation sites excluding steroid dienone is 6. The molecule has 1 aliphatic rings. The van der Waals surface area contributed by atoms with Crippen LogP contribution in [-0.2, 0) is 0 Å². The van der Waals surface area contributed by atoms with Gasteiger partial charge in [-0.15, -0.1) is 0 Å². The molecule has 0 radical (unpaired) electrons. The van der Waals surface area contributed by atoms with E-state index in [1.165, 1.54) is 19.3 Å². The van der Waals surface area contributed by atoms with Gasteiger partial charge in [0.2, 0.25) is 0 Å². The Kier molecular flexibility index (Phi) is 3.69. The van der Waals surface area contributed by atoms with Crippen LogP contribution in [0.2, 0.25) is 0 Å². The quantitative estimate of drug-likeness (QED) is 0.446. The van der Waals surface area contributed by atoms with E-state index in [9.17, 15) is 0 Å². The molecule has 0 bridgehead atoms. The average molecular weight is 134 g/mol. The van der Waals surface area contributed by atoms with E-state index in [0.717, 1.165) is 6.42 Å². The maximum Gasteiger partial charge on any atom is -0.0166 e. The molecule has 0 aromatic rings. The van der Waals surface area contributed by atoms with Gasteiger partial charge in [-0.3, -0.25) is 0 Å². The van der Waals surface area contributed by atoms with E-state index in [2.05, 4.69) is 36.5 Å². The Bertz CT molecular complexity index is 149. The smallest absolute Gasteiger partial charge is 0.0166 e. The molecule has 0 amide bonds. The van der Waals surface area contributed by atoms with Crippen molar-refractivity contribution in [1.29, 1.82) is 0 Å². The largest absolute Gasteiger partial charge is 0.0882 e. The third-order valence-corrected chi connectivity index (χ3v) is 1.56. The van der Waals surface area contributed by atoms with Crippen LogP contribution in [0.4, 0.5) is 0 Å². The Morgan fingerprint density at radius 1 is 0.700 bits per heavy atom. The summed E-state index contributed by atoms with van der Waals surface area (Å²) >= 11 is 0. The molecule has 0 aliphatic heterocycles. The lowest BCUT2D eigenvalue weighted by Gasteiger charge is -1.91. The predicted octanol–water partition coefficient (Wildman–Crippen LogP) is 3.23. The zero-order valence-electron chi connectivity index (χ0n) is 6.29. The second-order valence-corrected chi connectivity index (χ2v) is 2.49. The molecule has 1 aliphatic carbocycles. The molecule has 0 spiro atoms. The van der Waals surface area contributed by atoms with Gasteiger partial charge < -0.3 is 0 Å². The summed E-state index contributed by atoms with van der Waals surface area (Å²) in [5, 5.41) is 0. The van der Waals surface area contributed by atoms with E-state index in [4.69, 9.17) is 0 Å². The lowest BCUT2D eigenvalue weighted by molar-refractivity contribution is 0.865. The highest BCUT2D eigenvalue weighted by Crippen LogP contribution is 2.01. The molecule has 0 unspecified atom stereocenters. The molecular weight excluding hydrogens is 120 g/mol. The topological polar surface area (TPSA) is 0 Å². The van der Waals surface area contributed by atoms with Crippen molar-refractivity contribution >= 4 is 0 Å². The summed E-state index contributed by atoms with van der Waals surface area (Å²) in [6.07, 6.45) is 18.0. The fourth-order valence-electron chi connectivity index (χ4n) is 0.978. The molecule has 54 valence electrons. The number of hydrogen-bond donors (Lipinski definition) is 0. The summed E-state index contributed by atoms with van der Waals surface area (Å²) in [7, 11) is 0. The van der Waals surface area contributed by atoms with Gasteiger partial charge in [0.1, 0.15) is 0 Å². The second-order valence-electron chi connectivity index (χ2n) is 2.49. The van der Waals surface area contributed by atoms with Crippen LogP contribution < -0.4 is 0 Å². The van der Waals surface area contributed by atoms with E-state index >= 15 is 0 Å².